The van der Waals surface area contributed by atoms with E-state index in [1.807, 2.05) is 0 Å². The number of para-hydroxylation sites is 1. The third-order valence-electron chi connectivity index (χ3n) is 3.89. The van der Waals surface area contributed by atoms with Crippen molar-refractivity contribution in [3.05, 3.63) is 66.0 Å². The van der Waals surface area contributed by atoms with Gasteiger partial charge in [0.1, 0.15) is 29.0 Å². The Morgan fingerprint density at radius 3 is 2.26 bits per heavy atom. The zero-order chi connectivity index (χ0) is 19.1. The number of nitrogens with zero attached hydrogens (tertiary/aromatic N) is 4. The molecule has 0 saturated carbocycles. The number of aromatic nitrogens is 4. The molecule has 0 aliphatic heterocycles. The normalized spacial score (nSPS) is 11.1. The lowest BCUT2D eigenvalue weighted by Gasteiger charge is -2.10. The van der Waals surface area contributed by atoms with Gasteiger partial charge in [0.05, 0.1) is 6.33 Å². The molecule has 1 N–H and O–H groups in total. The Morgan fingerprint density at radius 1 is 0.926 bits per heavy atom. The SMILES string of the molecule is Cn1cnc2c(Nc3c(F)cccc3F)nc(-c3cc(F)cc(F)c3)nc21. The fourth-order valence-corrected chi connectivity index (χ4v) is 2.64. The van der Waals surface area contributed by atoms with E-state index < -0.39 is 29.0 Å². The summed E-state index contributed by atoms with van der Waals surface area (Å²) in [6.45, 7) is 0. The number of imidazole rings is 1. The van der Waals surface area contributed by atoms with Crippen molar-refractivity contribution < 1.29 is 17.6 Å². The average molecular weight is 373 g/mol. The first kappa shape index (κ1) is 17.0. The summed E-state index contributed by atoms with van der Waals surface area (Å²) in [7, 11) is 1.66. The molecule has 0 aliphatic carbocycles. The third kappa shape index (κ3) is 3.07. The van der Waals surface area contributed by atoms with Crippen LogP contribution in [0.5, 0.6) is 0 Å². The van der Waals surface area contributed by atoms with Gasteiger partial charge in [-0.05, 0) is 24.3 Å². The van der Waals surface area contributed by atoms with E-state index in [-0.39, 0.29) is 22.7 Å². The maximum atomic E-state index is 14.0. The van der Waals surface area contributed by atoms with Crippen LogP contribution in [0.15, 0.2) is 42.7 Å². The Morgan fingerprint density at radius 2 is 1.59 bits per heavy atom. The number of nitrogens with one attached hydrogen (secondary N) is 1. The summed E-state index contributed by atoms with van der Waals surface area (Å²) in [6, 6.07) is 6.26. The van der Waals surface area contributed by atoms with Crippen LogP contribution in [0.2, 0.25) is 0 Å². The van der Waals surface area contributed by atoms with Gasteiger partial charge in [-0.2, -0.15) is 0 Å². The van der Waals surface area contributed by atoms with Crippen LogP contribution < -0.4 is 5.32 Å². The van der Waals surface area contributed by atoms with E-state index >= 15 is 0 Å². The lowest BCUT2D eigenvalue weighted by Crippen LogP contribution is -2.03. The number of hydrogen-bond acceptors (Lipinski definition) is 4. The van der Waals surface area contributed by atoms with E-state index in [9.17, 15) is 17.6 Å². The van der Waals surface area contributed by atoms with Crippen LogP contribution >= 0.6 is 0 Å². The van der Waals surface area contributed by atoms with Crippen LogP contribution in [-0.4, -0.2) is 19.5 Å². The van der Waals surface area contributed by atoms with Crippen molar-refractivity contribution in [1.82, 2.24) is 19.5 Å². The number of fused-ring (bicyclic) bond motifs is 1. The summed E-state index contributed by atoms with van der Waals surface area (Å²) in [5.41, 5.74) is 0.233. The van der Waals surface area contributed by atoms with Gasteiger partial charge in [0, 0.05) is 18.7 Å². The molecule has 2 heterocycles. The number of rotatable bonds is 3. The standard InChI is InChI=1S/C18H11F4N5/c1-27-8-23-15-17(24-14-12(21)3-2-4-13(14)22)25-16(26-18(15)27)9-5-10(19)7-11(20)6-9/h2-8H,1H3,(H,24,25,26). The predicted molar refractivity (Wildman–Crippen MR) is 91.3 cm³/mol. The van der Waals surface area contributed by atoms with Gasteiger partial charge in [0.15, 0.2) is 22.8 Å². The quantitative estimate of drug-likeness (QED) is 0.543. The first-order chi connectivity index (χ1) is 12.9. The Kier molecular flexibility index (Phi) is 3.98. The first-order valence-corrected chi connectivity index (χ1v) is 7.79. The highest BCUT2D eigenvalue weighted by Crippen LogP contribution is 2.29. The number of anilines is 2. The molecule has 0 aliphatic rings. The zero-order valence-electron chi connectivity index (χ0n) is 13.8. The maximum absolute atomic E-state index is 14.0. The van der Waals surface area contributed by atoms with Gasteiger partial charge in [-0.1, -0.05) is 6.07 Å². The second kappa shape index (κ2) is 6.35. The second-order valence-corrected chi connectivity index (χ2v) is 5.80. The first-order valence-electron chi connectivity index (χ1n) is 7.79. The van der Waals surface area contributed by atoms with Gasteiger partial charge < -0.3 is 9.88 Å². The van der Waals surface area contributed by atoms with Crippen LogP contribution in [0.1, 0.15) is 0 Å². The van der Waals surface area contributed by atoms with Crippen molar-refractivity contribution in [1.29, 1.82) is 0 Å². The lowest BCUT2D eigenvalue weighted by molar-refractivity contribution is 0.584. The highest BCUT2D eigenvalue weighted by molar-refractivity contribution is 5.87. The third-order valence-corrected chi connectivity index (χ3v) is 3.89. The van der Waals surface area contributed by atoms with E-state index in [0.717, 1.165) is 30.3 Å². The minimum atomic E-state index is -0.823. The maximum Gasteiger partial charge on any atom is 0.165 e. The summed E-state index contributed by atoms with van der Waals surface area (Å²) >= 11 is 0. The molecular formula is C18H11F4N5. The molecule has 0 spiro atoms. The molecule has 4 rings (SSSR count). The Balaban J connectivity index is 1.92. The second-order valence-electron chi connectivity index (χ2n) is 5.80. The highest BCUT2D eigenvalue weighted by atomic mass is 19.1. The van der Waals surface area contributed by atoms with E-state index in [0.29, 0.717) is 5.65 Å². The van der Waals surface area contributed by atoms with Gasteiger partial charge in [-0.15, -0.1) is 0 Å². The summed E-state index contributed by atoms with van der Waals surface area (Å²) in [5, 5.41) is 2.57. The van der Waals surface area contributed by atoms with E-state index in [4.69, 9.17) is 0 Å². The minimum absolute atomic E-state index is 0.00395. The molecule has 0 unspecified atom stereocenters. The minimum Gasteiger partial charge on any atom is -0.333 e. The van der Waals surface area contributed by atoms with Crippen molar-refractivity contribution in [2.24, 2.45) is 7.05 Å². The van der Waals surface area contributed by atoms with Gasteiger partial charge in [-0.3, -0.25) is 0 Å². The van der Waals surface area contributed by atoms with Gasteiger partial charge in [-0.25, -0.2) is 32.5 Å². The van der Waals surface area contributed by atoms with E-state index in [1.165, 1.54) is 12.4 Å². The largest absolute Gasteiger partial charge is 0.333 e. The molecule has 0 bridgehead atoms. The molecular weight excluding hydrogens is 362 g/mol. The molecule has 0 saturated heterocycles. The molecule has 5 nitrogen and oxygen atoms in total. The molecule has 27 heavy (non-hydrogen) atoms. The van der Waals surface area contributed by atoms with E-state index in [2.05, 4.69) is 20.3 Å². The molecule has 4 aromatic rings. The zero-order valence-corrected chi connectivity index (χ0v) is 13.8. The lowest BCUT2D eigenvalue weighted by atomic mass is 10.2. The topological polar surface area (TPSA) is 55.6 Å². The number of halogens is 4. The van der Waals surface area contributed by atoms with Gasteiger partial charge in [0.2, 0.25) is 0 Å². The summed E-state index contributed by atoms with van der Waals surface area (Å²) in [5.74, 6) is -3.26. The molecule has 9 heteroatoms. The van der Waals surface area contributed by atoms with Crippen molar-refractivity contribution in [3.8, 4) is 11.4 Å². The predicted octanol–water partition coefficient (Wildman–Crippen LogP) is 4.33. The Bertz CT molecular complexity index is 1130. The fourth-order valence-electron chi connectivity index (χ4n) is 2.64. The number of hydrogen-bond donors (Lipinski definition) is 1. The average Bonchev–Trinajstić information content (AvgIpc) is 2.99. The highest BCUT2D eigenvalue weighted by Gasteiger charge is 2.17. The summed E-state index contributed by atoms with van der Waals surface area (Å²) < 4.78 is 56.7. The van der Waals surface area contributed by atoms with E-state index in [1.54, 1.807) is 11.6 Å². The summed E-state index contributed by atoms with van der Waals surface area (Å²) in [6.07, 6.45) is 1.44. The van der Waals surface area contributed by atoms with Gasteiger partial charge in [0.25, 0.3) is 0 Å². The fraction of sp³-hybridized carbons (Fsp3) is 0.0556. The molecule has 136 valence electrons. The summed E-state index contributed by atoms with van der Waals surface area (Å²) in [4.78, 5) is 12.6. The number of aryl methyl sites for hydroxylation is 1. The van der Waals surface area contributed by atoms with Crippen molar-refractivity contribution in [2.45, 2.75) is 0 Å². The van der Waals surface area contributed by atoms with Crippen molar-refractivity contribution >= 4 is 22.7 Å². The molecule has 2 aromatic heterocycles. The van der Waals surface area contributed by atoms with Crippen molar-refractivity contribution in [2.75, 3.05) is 5.32 Å². The molecule has 0 radical (unpaired) electrons. The molecule has 0 atom stereocenters. The monoisotopic (exact) mass is 373 g/mol. The smallest absolute Gasteiger partial charge is 0.165 e. The van der Waals surface area contributed by atoms with Crippen LogP contribution in [0, 0.1) is 23.3 Å². The van der Waals surface area contributed by atoms with Crippen LogP contribution in [-0.2, 0) is 7.05 Å². The van der Waals surface area contributed by atoms with Crippen molar-refractivity contribution in [3.63, 3.8) is 0 Å². The number of benzene rings is 2. The Hall–Kier alpha value is -3.49. The van der Waals surface area contributed by atoms with Crippen LogP contribution in [0.4, 0.5) is 29.1 Å². The van der Waals surface area contributed by atoms with Gasteiger partial charge >= 0.3 is 0 Å². The Labute approximate surface area is 150 Å². The molecule has 2 aromatic carbocycles. The molecule has 0 amide bonds. The molecule has 0 fully saturated rings. The van der Waals surface area contributed by atoms with Crippen LogP contribution in [0.25, 0.3) is 22.6 Å². The van der Waals surface area contributed by atoms with Crippen LogP contribution in [0.3, 0.4) is 0 Å².